The van der Waals surface area contributed by atoms with Crippen LogP contribution in [-0.2, 0) is 28.6 Å². The Bertz CT molecular complexity index is 1570. The smallest absolute Gasteiger partial charge is 0.306 e. The first-order valence-electron chi connectivity index (χ1n) is 31.0. The Morgan fingerprint density at radius 2 is 0.520 bits per heavy atom. The number of hydrogen-bond donors (Lipinski definition) is 0. The van der Waals surface area contributed by atoms with Crippen molar-refractivity contribution in [2.45, 2.75) is 284 Å². The molecule has 0 bridgehead atoms. The predicted molar refractivity (Wildman–Crippen MR) is 325 cm³/mol. The van der Waals surface area contributed by atoms with Crippen LogP contribution in [0.1, 0.15) is 278 Å². The van der Waals surface area contributed by atoms with Crippen LogP contribution in [0, 0.1) is 0 Å². The lowest BCUT2D eigenvalue weighted by molar-refractivity contribution is -0.167. The molecule has 0 spiro atoms. The molecule has 426 valence electrons. The van der Waals surface area contributed by atoms with Crippen molar-refractivity contribution in [3.05, 3.63) is 122 Å². The molecule has 0 aromatic heterocycles. The van der Waals surface area contributed by atoms with Gasteiger partial charge in [-0.15, -0.1) is 0 Å². The highest BCUT2D eigenvalue weighted by atomic mass is 16.6. The molecule has 6 nitrogen and oxygen atoms in total. The van der Waals surface area contributed by atoms with E-state index in [2.05, 4.69) is 142 Å². The SMILES string of the molecule is CC/C=C\C/C=C\C/C=C\C/C=C\C/C=C\C/C=C\C/C=C\C/C=C\CCCCC(=O)OCC(COC(=O)CCCCCCCCC)OC(=O)CCCCCCCCCCCCC/C=C\C/C=C\CCCCCCC. The summed E-state index contributed by atoms with van der Waals surface area (Å²) in [6.07, 6.45) is 86.5. The molecular weight excluding hydrogens is 925 g/mol. The Morgan fingerprint density at radius 3 is 0.840 bits per heavy atom. The van der Waals surface area contributed by atoms with E-state index in [1.807, 2.05) is 0 Å². The first-order chi connectivity index (χ1) is 37.0. The highest BCUT2D eigenvalue weighted by molar-refractivity contribution is 5.71. The van der Waals surface area contributed by atoms with E-state index in [0.717, 1.165) is 116 Å². The highest BCUT2D eigenvalue weighted by Gasteiger charge is 2.19. The van der Waals surface area contributed by atoms with Crippen molar-refractivity contribution in [1.82, 2.24) is 0 Å². The Morgan fingerprint density at radius 1 is 0.280 bits per heavy atom. The van der Waals surface area contributed by atoms with Crippen LogP contribution >= 0.6 is 0 Å². The van der Waals surface area contributed by atoms with Gasteiger partial charge in [0.15, 0.2) is 6.10 Å². The van der Waals surface area contributed by atoms with Gasteiger partial charge >= 0.3 is 17.9 Å². The van der Waals surface area contributed by atoms with Gasteiger partial charge in [0, 0.05) is 19.3 Å². The van der Waals surface area contributed by atoms with Gasteiger partial charge in [0.1, 0.15) is 13.2 Å². The topological polar surface area (TPSA) is 78.9 Å². The Hall–Kier alpha value is -4.19. The minimum absolute atomic E-state index is 0.0940. The van der Waals surface area contributed by atoms with Crippen molar-refractivity contribution in [3.63, 3.8) is 0 Å². The van der Waals surface area contributed by atoms with Crippen molar-refractivity contribution in [3.8, 4) is 0 Å². The lowest BCUT2D eigenvalue weighted by Crippen LogP contribution is -2.30. The molecule has 0 amide bonds. The molecule has 0 aliphatic carbocycles. The summed E-state index contributed by atoms with van der Waals surface area (Å²) in [6.45, 7) is 6.44. The van der Waals surface area contributed by atoms with Crippen LogP contribution in [0.25, 0.3) is 0 Å². The molecule has 6 heteroatoms. The minimum Gasteiger partial charge on any atom is -0.462 e. The normalized spacial score (nSPS) is 12.9. The molecule has 0 aromatic carbocycles. The number of esters is 3. The van der Waals surface area contributed by atoms with Crippen LogP contribution in [0.3, 0.4) is 0 Å². The standard InChI is InChI=1S/C69H114O6/c1-4-7-10-13-16-18-20-22-24-26-28-30-32-33-34-35-37-38-40-42-44-46-48-50-53-56-59-62-68(71)74-65-66(64-73-67(70)61-58-55-52-15-12-9-6-3)75-69(72)63-60-57-54-51-49-47-45-43-41-39-36-31-29-27-25-23-21-19-17-14-11-8-5-2/h7,10,16,18,21-24,27-30,33-34,37-38,42,44,48,50,66H,4-6,8-9,11-15,17,19-20,25-26,31-32,35-36,39-41,43,45-47,49,51-65H2,1-3H3/b10-7-,18-16-,23-21-,24-22-,29-27-,30-28-,34-33-,38-37-,44-42-,50-48-. The van der Waals surface area contributed by atoms with E-state index in [4.69, 9.17) is 14.2 Å². The minimum atomic E-state index is -0.798. The van der Waals surface area contributed by atoms with Crippen LogP contribution < -0.4 is 0 Å². The van der Waals surface area contributed by atoms with E-state index >= 15 is 0 Å². The second-order valence-corrected chi connectivity index (χ2v) is 20.2. The number of unbranched alkanes of at least 4 members (excludes halogenated alkanes) is 24. The summed E-state index contributed by atoms with van der Waals surface area (Å²) in [7, 11) is 0. The third kappa shape index (κ3) is 60.6. The molecule has 0 fully saturated rings. The fourth-order valence-corrected chi connectivity index (χ4v) is 8.31. The summed E-state index contributed by atoms with van der Waals surface area (Å²) in [4.78, 5) is 38.0. The summed E-state index contributed by atoms with van der Waals surface area (Å²) in [5.41, 5.74) is 0. The molecule has 0 aliphatic heterocycles. The van der Waals surface area contributed by atoms with Gasteiger partial charge in [0.25, 0.3) is 0 Å². The number of rotatable bonds is 55. The van der Waals surface area contributed by atoms with E-state index in [1.165, 1.54) is 122 Å². The maximum absolute atomic E-state index is 12.9. The van der Waals surface area contributed by atoms with Crippen molar-refractivity contribution in [1.29, 1.82) is 0 Å². The Kier molecular flexibility index (Phi) is 58.9. The Labute approximate surface area is 462 Å². The maximum atomic E-state index is 12.9. The number of carbonyl (C=O) groups excluding carboxylic acids is 3. The summed E-state index contributed by atoms with van der Waals surface area (Å²) in [6, 6.07) is 0. The Balaban J connectivity index is 4.27. The molecule has 75 heavy (non-hydrogen) atoms. The van der Waals surface area contributed by atoms with Crippen molar-refractivity contribution in [2.75, 3.05) is 13.2 Å². The lowest BCUT2D eigenvalue weighted by atomic mass is 10.0. The van der Waals surface area contributed by atoms with Crippen LogP contribution in [-0.4, -0.2) is 37.2 Å². The zero-order chi connectivity index (χ0) is 54.3. The van der Waals surface area contributed by atoms with Gasteiger partial charge < -0.3 is 14.2 Å². The van der Waals surface area contributed by atoms with E-state index in [1.54, 1.807) is 0 Å². The average Bonchev–Trinajstić information content (AvgIpc) is 3.41. The highest BCUT2D eigenvalue weighted by Crippen LogP contribution is 2.15. The third-order valence-electron chi connectivity index (χ3n) is 13.0. The van der Waals surface area contributed by atoms with E-state index in [9.17, 15) is 14.4 Å². The lowest BCUT2D eigenvalue weighted by Gasteiger charge is -2.18. The fraction of sp³-hybridized carbons (Fsp3) is 0.667. The molecule has 0 saturated heterocycles. The zero-order valence-electron chi connectivity index (χ0n) is 48.8. The quantitative estimate of drug-likeness (QED) is 0.0261. The van der Waals surface area contributed by atoms with Crippen LogP contribution in [0.2, 0.25) is 0 Å². The molecule has 0 aromatic rings. The van der Waals surface area contributed by atoms with Crippen molar-refractivity contribution < 1.29 is 28.6 Å². The molecule has 1 atom stereocenters. The van der Waals surface area contributed by atoms with Crippen molar-refractivity contribution in [2.24, 2.45) is 0 Å². The molecule has 0 radical (unpaired) electrons. The summed E-state index contributed by atoms with van der Waals surface area (Å²) in [5, 5.41) is 0. The molecule has 0 aliphatic rings. The fourth-order valence-electron chi connectivity index (χ4n) is 8.31. The van der Waals surface area contributed by atoms with Crippen LogP contribution in [0.5, 0.6) is 0 Å². The van der Waals surface area contributed by atoms with Gasteiger partial charge in [0.05, 0.1) is 0 Å². The second-order valence-electron chi connectivity index (χ2n) is 20.2. The van der Waals surface area contributed by atoms with Gasteiger partial charge in [-0.25, -0.2) is 0 Å². The van der Waals surface area contributed by atoms with Gasteiger partial charge in [0.2, 0.25) is 0 Å². The summed E-state index contributed by atoms with van der Waals surface area (Å²) >= 11 is 0. The van der Waals surface area contributed by atoms with Gasteiger partial charge in [-0.1, -0.05) is 264 Å². The monoisotopic (exact) mass is 1040 g/mol. The summed E-state index contributed by atoms with van der Waals surface area (Å²) < 4.78 is 16.8. The summed E-state index contributed by atoms with van der Waals surface area (Å²) in [5.74, 6) is -0.947. The largest absolute Gasteiger partial charge is 0.462 e. The van der Waals surface area contributed by atoms with E-state index in [-0.39, 0.29) is 31.1 Å². The van der Waals surface area contributed by atoms with E-state index < -0.39 is 6.10 Å². The average molecular weight is 1040 g/mol. The van der Waals surface area contributed by atoms with Gasteiger partial charge in [-0.2, -0.15) is 0 Å². The van der Waals surface area contributed by atoms with Crippen LogP contribution in [0.4, 0.5) is 0 Å². The predicted octanol–water partition coefficient (Wildman–Crippen LogP) is 21.2. The second kappa shape index (κ2) is 62.4. The first kappa shape index (κ1) is 70.8. The molecule has 0 N–H and O–H groups in total. The third-order valence-corrected chi connectivity index (χ3v) is 13.0. The maximum Gasteiger partial charge on any atom is 0.306 e. The zero-order valence-corrected chi connectivity index (χ0v) is 48.8. The number of ether oxygens (including phenoxy) is 3. The number of hydrogen-bond acceptors (Lipinski definition) is 6. The number of allylic oxidation sites excluding steroid dienone is 20. The van der Waals surface area contributed by atoms with E-state index in [0.29, 0.717) is 19.3 Å². The number of carbonyl (C=O) groups is 3. The molecule has 0 heterocycles. The molecular formula is C69H114O6. The molecule has 1 unspecified atom stereocenters. The molecule has 0 saturated carbocycles. The molecule has 0 rings (SSSR count). The van der Waals surface area contributed by atoms with Gasteiger partial charge in [-0.05, 0) is 116 Å². The van der Waals surface area contributed by atoms with Gasteiger partial charge in [-0.3, -0.25) is 14.4 Å². The van der Waals surface area contributed by atoms with Crippen LogP contribution in [0.15, 0.2) is 122 Å². The first-order valence-corrected chi connectivity index (χ1v) is 31.0. The van der Waals surface area contributed by atoms with Crippen molar-refractivity contribution >= 4 is 17.9 Å².